The van der Waals surface area contributed by atoms with E-state index in [1.807, 2.05) is 18.3 Å². The molecule has 3 heterocycles. The Morgan fingerprint density at radius 3 is 2.94 bits per heavy atom. The van der Waals surface area contributed by atoms with Crippen molar-refractivity contribution in [2.75, 3.05) is 26.2 Å². The lowest BCUT2D eigenvalue weighted by Crippen LogP contribution is -2.37. The second-order valence-electron chi connectivity index (χ2n) is 5.07. The van der Waals surface area contributed by atoms with Gasteiger partial charge in [-0.2, -0.15) is 0 Å². The molecule has 0 saturated carbocycles. The highest BCUT2D eigenvalue weighted by molar-refractivity contribution is 5.10. The Bertz CT molecular complexity index is 365. The summed E-state index contributed by atoms with van der Waals surface area (Å²) in [6, 6.07) is 3.92. The minimum absolute atomic E-state index is 0.202. The summed E-state index contributed by atoms with van der Waals surface area (Å²) in [4.78, 5) is 6.59. The lowest BCUT2D eigenvalue weighted by molar-refractivity contribution is -0.0650. The molecular formula is C14H20N2O2. The van der Waals surface area contributed by atoms with Gasteiger partial charge in [0.25, 0.3) is 0 Å². The number of rotatable bonds is 3. The maximum absolute atomic E-state index is 5.95. The molecule has 0 amide bonds. The predicted molar refractivity (Wildman–Crippen MR) is 68.1 cm³/mol. The van der Waals surface area contributed by atoms with Crippen LogP contribution in [0.2, 0.25) is 0 Å². The molecule has 0 N–H and O–H groups in total. The minimum atomic E-state index is -0.228. The standard InChI is InChI=1S/C14H20N2O2/c1-2-7-16(8-3-1)10-13-11-17-14(18-13)12-5-4-6-15-9-12/h4-6,9,13-14H,1-3,7-8,10-11H2/t13-,14-/m1/s1. The van der Waals surface area contributed by atoms with Gasteiger partial charge in [-0.05, 0) is 32.0 Å². The van der Waals surface area contributed by atoms with Crippen LogP contribution in [-0.4, -0.2) is 42.2 Å². The quantitative estimate of drug-likeness (QED) is 0.819. The monoisotopic (exact) mass is 248 g/mol. The fourth-order valence-electron chi connectivity index (χ4n) is 2.66. The summed E-state index contributed by atoms with van der Waals surface area (Å²) in [5, 5.41) is 0. The van der Waals surface area contributed by atoms with Crippen LogP contribution in [0.4, 0.5) is 0 Å². The van der Waals surface area contributed by atoms with Gasteiger partial charge in [-0.15, -0.1) is 0 Å². The normalized spacial score (nSPS) is 29.6. The highest BCUT2D eigenvalue weighted by Gasteiger charge is 2.29. The topological polar surface area (TPSA) is 34.6 Å². The maximum atomic E-state index is 5.95. The number of nitrogens with zero attached hydrogens (tertiary/aromatic N) is 2. The first-order chi connectivity index (χ1) is 8.92. The Kier molecular flexibility index (Phi) is 3.88. The number of ether oxygens (including phenoxy) is 2. The Morgan fingerprint density at radius 2 is 2.17 bits per heavy atom. The van der Waals surface area contributed by atoms with Crippen molar-refractivity contribution in [3.8, 4) is 0 Å². The molecule has 1 aromatic heterocycles. The van der Waals surface area contributed by atoms with Gasteiger partial charge in [-0.25, -0.2) is 0 Å². The molecule has 98 valence electrons. The molecule has 0 spiro atoms. The summed E-state index contributed by atoms with van der Waals surface area (Å²) in [5.74, 6) is 0. The van der Waals surface area contributed by atoms with Crippen molar-refractivity contribution in [3.63, 3.8) is 0 Å². The van der Waals surface area contributed by atoms with Gasteiger partial charge in [-0.3, -0.25) is 4.98 Å². The molecule has 2 aliphatic heterocycles. The van der Waals surface area contributed by atoms with Gasteiger partial charge < -0.3 is 14.4 Å². The van der Waals surface area contributed by atoms with E-state index in [2.05, 4.69) is 9.88 Å². The molecule has 2 aliphatic rings. The van der Waals surface area contributed by atoms with Crippen LogP contribution in [-0.2, 0) is 9.47 Å². The Labute approximate surface area is 108 Å². The third-order valence-electron chi connectivity index (χ3n) is 3.62. The zero-order chi connectivity index (χ0) is 12.2. The molecule has 0 aliphatic carbocycles. The van der Waals surface area contributed by atoms with E-state index in [9.17, 15) is 0 Å². The third kappa shape index (κ3) is 2.88. The lowest BCUT2D eigenvalue weighted by Gasteiger charge is -2.28. The molecule has 3 rings (SSSR count). The smallest absolute Gasteiger partial charge is 0.185 e. The Morgan fingerprint density at radius 1 is 1.28 bits per heavy atom. The van der Waals surface area contributed by atoms with E-state index in [1.54, 1.807) is 6.20 Å². The Balaban J connectivity index is 1.52. The molecule has 4 nitrogen and oxygen atoms in total. The largest absolute Gasteiger partial charge is 0.346 e. The zero-order valence-corrected chi connectivity index (χ0v) is 10.6. The van der Waals surface area contributed by atoms with Crippen molar-refractivity contribution >= 4 is 0 Å². The number of likely N-dealkylation sites (tertiary alicyclic amines) is 1. The summed E-state index contributed by atoms with van der Waals surface area (Å²) in [7, 11) is 0. The van der Waals surface area contributed by atoms with Crippen molar-refractivity contribution in [1.82, 2.24) is 9.88 Å². The number of pyridine rings is 1. The molecule has 18 heavy (non-hydrogen) atoms. The highest BCUT2D eigenvalue weighted by atomic mass is 16.7. The molecule has 1 aromatic rings. The van der Waals surface area contributed by atoms with Crippen LogP contribution in [0.3, 0.4) is 0 Å². The van der Waals surface area contributed by atoms with E-state index >= 15 is 0 Å². The van der Waals surface area contributed by atoms with E-state index < -0.39 is 0 Å². The predicted octanol–water partition coefficient (Wildman–Crippen LogP) is 1.98. The fourth-order valence-corrected chi connectivity index (χ4v) is 2.66. The molecule has 2 atom stereocenters. The fraction of sp³-hybridized carbons (Fsp3) is 0.643. The number of aromatic nitrogens is 1. The van der Waals surface area contributed by atoms with Crippen LogP contribution in [0.15, 0.2) is 24.5 Å². The van der Waals surface area contributed by atoms with Gasteiger partial charge in [0.15, 0.2) is 6.29 Å². The minimum Gasteiger partial charge on any atom is -0.346 e. The maximum Gasteiger partial charge on any atom is 0.185 e. The summed E-state index contributed by atoms with van der Waals surface area (Å²) >= 11 is 0. The number of piperidine rings is 1. The van der Waals surface area contributed by atoms with Gasteiger partial charge in [0.05, 0.1) is 12.7 Å². The third-order valence-corrected chi connectivity index (χ3v) is 3.62. The molecule has 0 bridgehead atoms. The first kappa shape index (κ1) is 12.1. The van der Waals surface area contributed by atoms with Crippen molar-refractivity contribution in [3.05, 3.63) is 30.1 Å². The van der Waals surface area contributed by atoms with Gasteiger partial charge in [0.1, 0.15) is 0 Å². The lowest BCUT2D eigenvalue weighted by atomic mass is 10.1. The zero-order valence-electron chi connectivity index (χ0n) is 10.6. The van der Waals surface area contributed by atoms with E-state index in [1.165, 1.54) is 32.4 Å². The molecule has 2 fully saturated rings. The summed E-state index contributed by atoms with van der Waals surface area (Å²) < 4.78 is 11.7. The van der Waals surface area contributed by atoms with Crippen LogP contribution in [0, 0.1) is 0 Å². The van der Waals surface area contributed by atoms with Crippen LogP contribution in [0.25, 0.3) is 0 Å². The van der Waals surface area contributed by atoms with Crippen LogP contribution in [0.1, 0.15) is 31.1 Å². The molecule has 0 aromatic carbocycles. The van der Waals surface area contributed by atoms with Crippen LogP contribution < -0.4 is 0 Å². The van der Waals surface area contributed by atoms with Gasteiger partial charge in [-0.1, -0.05) is 12.5 Å². The molecule has 0 unspecified atom stereocenters. The second kappa shape index (κ2) is 5.78. The van der Waals surface area contributed by atoms with Crippen LogP contribution >= 0.6 is 0 Å². The first-order valence-corrected chi connectivity index (χ1v) is 6.81. The van der Waals surface area contributed by atoms with Crippen molar-refractivity contribution < 1.29 is 9.47 Å². The second-order valence-corrected chi connectivity index (χ2v) is 5.07. The first-order valence-electron chi connectivity index (χ1n) is 6.81. The average molecular weight is 248 g/mol. The van der Waals surface area contributed by atoms with E-state index in [-0.39, 0.29) is 12.4 Å². The van der Waals surface area contributed by atoms with E-state index in [4.69, 9.17) is 9.47 Å². The number of hydrogen-bond acceptors (Lipinski definition) is 4. The van der Waals surface area contributed by atoms with Crippen molar-refractivity contribution in [2.45, 2.75) is 31.7 Å². The van der Waals surface area contributed by atoms with Crippen molar-refractivity contribution in [1.29, 1.82) is 0 Å². The van der Waals surface area contributed by atoms with E-state index in [0.717, 1.165) is 12.1 Å². The van der Waals surface area contributed by atoms with Crippen LogP contribution in [0.5, 0.6) is 0 Å². The molecular weight excluding hydrogens is 228 g/mol. The van der Waals surface area contributed by atoms with Gasteiger partial charge in [0, 0.05) is 24.5 Å². The van der Waals surface area contributed by atoms with Gasteiger partial charge in [0.2, 0.25) is 0 Å². The summed E-state index contributed by atoms with van der Waals surface area (Å²) in [6.07, 6.45) is 7.56. The van der Waals surface area contributed by atoms with Crippen molar-refractivity contribution in [2.24, 2.45) is 0 Å². The highest BCUT2D eigenvalue weighted by Crippen LogP contribution is 2.26. The number of hydrogen-bond donors (Lipinski definition) is 0. The molecule has 2 saturated heterocycles. The van der Waals surface area contributed by atoms with E-state index in [0.29, 0.717) is 6.61 Å². The SMILES string of the molecule is c1cncc([C@@H]2OC[C@@H](CN3CCCCC3)O2)c1. The molecule has 0 radical (unpaired) electrons. The average Bonchev–Trinajstić information content (AvgIpc) is 2.89. The molecule has 4 heteroatoms. The Hall–Kier alpha value is -0.970. The van der Waals surface area contributed by atoms with Gasteiger partial charge >= 0.3 is 0 Å². The summed E-state index contributed by atoms with van der Waals surface area (Å²) in [5.41, 5.74) is 1.01. The summed E-state index contributed by atoms with van der Waals surface area (Å²) in [6.45, 7) is 4.10.